The highest BCUT2D eigenvalue weighted by atomic mass is 32.2. The molecule has 0 radical (unpaired) electrons. The van der Waals surface area contributed by atoms with Gasteiger partial charge in [-0.25, -0.2) is 0 Å². The molecular formula is C11H23NO2S. The van der Waals surface area contributed by atoms with Crippen molar-refractivity contribution in [1.29, 1.82) is 0 Å². The van der Waals surface area contributed by atoms with Crippen molar-refractivity contribution in [2.75, 3.05) is 26.0 Å². The molecule has 0 aliphatic heterocycles. The fourth-order valence-electron chi connectivity index (χ4n) is 1.42. The molecule has 1 atom stereocenters. The van der Waals surface area contributed by atoms with E-state index in [2.05, 4.69) is 11.6 Å². The van der Waals surface area contributed by atoms with Crippen molar-refractivity contribution in [3.05, 3.63) is 0 Å². The minimum absolute atomic E-state index is 0.195. The Kier molecular flexibility index (Phi) is 5.39. The van der Waals surface area contributed by atoms with E-state index in [1.807, 2.05) is 25.6 Å². The molecule has 1 unspecified atom stereocenters. The molecule has 0 spiro atoms. The molecule has 15 heavy (non-hydrogen) atoms. The van der Waals surface area contributed by atoms with Gasteiger partial charge in [0.15, 0.2) is 0 Å². The second kappa shape index (κ2) is 6.09. The van der Waals surface area contributed by atoms with Gasteiger partial charge in [0.1, 0.15) is 0 Å². The third-order valence-electron chi connectivity index (χ3n) is 2.69. The van der Waals surface area contributed by atoms with Crippen molar-refractivity contribution in [3.63, 3.8) is 0 Å². The Hall–Kier alpha value is 0.230. The quantitative estimate of drug-likeness (QED) is 0.662. The van der Waals surface area contributed by atoms with Gasteiger partial charge < -0.3 is 15.2 Å². The van der Waals surface area contributed by atoms with Crippen LogP contribution >= 0.6 is 11.8 Å². The van der Waals surface area contributed by atoms with Crippen LogP contribution in [-0.2, 0) is 4.74 Å². The lowest BCUT2D eigenvalue weighted by molar-refractivity contribution is 0.00646. The zero-order chi connectivity index (χ0) is 11.3. The molecule has 90 valence electrons. The normalized spacial score (nSPS) is 20.6. The molecule has 0 aromatic heterocycles. The van der Waals surface area contributed by atoms with E-state index in [0.29, 0.717) is 17.9 Å². The number of ether oxygens (including phenoxy) is 1. The second-order valence-corrected chi connectivity index (χ2v) is 5.83. The van der Waals surface area contributed by atoms with E-state index in [-0.39, 0.29) is 12.2 Å². The summed E-state index contributed by atoms with van der Waals surface area (Å²) in [5, 5.41) is 12.9. The number of aliphatic hydroxyl groups excluding tert-OH is 1. The monoisotopic (exact) mass is 233 g/mol. The first-order valence-corrected chi connectivity index (χ1v) is 6.86. The predicted octanol–water partition coefficient (Wildman–Crippen LogP) is 1.26. The molecule has 0 aromatic rings. The Labute approximate surface area is 97.0 Å². The summed E-state index contributed by atoms with van der Waals surface area (Å²) in [6.07, 6.45) is 4.58. The summed E-state index contributed by atoms with van der Waals surface area (Å²) in [6, 6.07) is 0. The van der Waals surface area contributed by atoms with Crippen molar-refractivity contribution in [2.45, 2.75) is 43.6 Å². The first-order valence-electron chi connectivity index (χ1n) is 5.63. The zero-order valence-corrected chi connectivity index (χ0v) is 10.8. The minimum atomic E-state index is -0.384. The van der Waals surface area contributed by atoms with E-state index in [9.17, 15) is 5.11 Å². The number of hydrogen-bond donors (Lipinski definition) is 2. The van der Waals surface area contributed by atoms with E-state index in [1.54, 1.807) is 0 Å². The van der Waals surface area contributed by atoms with Crippen LogP contribution in [0.4, 0.5) is 0 Å². The molecule has 0 aromatic carbocycles. The van der Waals surface area contributed by atoms with Gasteiger partial charge in [-0.05, 0) is 32.9 Å². The van der Waals surface area contributed by atoms with Crippen molar-refractivity contribution in [3.8, 4) is 0 Å². The number of hydrogen-bond acceptors (Lipinski definition) is 4. The summed E-state index contributed by atoms with van der Waals surface area (Å²) in [5.74, 6) is 0. The summed E-state index contributed by atoms with van der Waals surface area (Å²) in [5.41, 5.74) is 0. The lowest BCUT2D eigenvalue weighted by Crippen LogP contribution is -2.35. The van der Waals surface area contributed by atoms with E-state index >= 15 is 0 Å². The lowest BCUT2D eigenvalue weighted by Gasteiger charge is -2.17. The molecule has 3 nitrogen and oxygen atoms in total. The molecule has 1 rings (SSSR count). The van der Waals surface area contributed by atoms with E-state index in [4.69, 9.17) is 4.74 Å². The SMILES string of the molecule is CSC1(CNCC(O)COC(C)C)CC1. The summed E-state index contributed by atoms with van der Waals surface area (Å²) in [7, 11) is 0. The van der Waals surface area contributed by atoms with Crippen molar-refractivity contribution >= 4 is 11.8 Å². The molecule has 1 aliphatic carbocycles. The highest BCUT2D eigenvalue weighted by Gasteiger charge is 2.41. The highest BCUT2D eigenvalue weighted by Crippen LogP contribution is 2.46. The van der Waals surface area contributed by atoms with Crippen LogP contribution in [0.3, 0.4) is 0 Å². The topological polar surface area (TPSA) is 41.5 Å². The fourth-order valence-corrected chi connectivity index (χ4v) is 2.18. The first-order chi connectivity index (χ1) is 7.08. The molecule has 2 N–H and O–H groups in total. The molecule has 0 saturated heterocycles. The van der Waals surface area contributed by atoms with Gasteiger partial charge in [-0.15, -0.1) is 0 Å². The Balaban J connectivity index is 1.99. The van der Waals surface area contributed by atoms with E-state index < -0.39 is 0 Å². The largest absolute Gasteiger partial charge is 0.389 e. The molecule has 0 bridgehead atoms. The maximum Gasteiger partial charge on any atom is 0.0897 e. The lowest BCUT2D eigenvalue weighted by atomic mass is 10.3. The maximum absolute atomic E-state index is 9.59. The van der Waals surface area contributed by atoms with Gasteiger partial charge in [0.05, 0.1) is 18.8 Å². The maximum atomic E-state index is 9.59. The van der Waals surface area contributed by atoms with Crippen molar-refractivity contribution in [1.82, 2.24) is 5.32 Å². The standard InChI is InChI=1S/C11H23NO2S/c1-9(2)14-7-10(13)6-12-8-11(15-3)4-5-11/h9-10,12-13H,4-8H2,1-3H3. The van der Waals surface area contributed by atoms with Crippen LogP contribution in [0.5, 0.6) is 0 Å². The van der Waals surface area contributed by atoms with Crippen LogP contribution in [0.15, 0.2) is 0 Å². The van der Waals surface area contributed by atoms with Gasteiger partial charge in [-0.3, -0.25) is 0 Å². The summed E-state index contributed by atoms with van der Waals surface area (Å²) in [4.78, 5) is 0. The number of rotatable bonds is 8. The van der Waals surface area contributed by atoms with Gasteiger partial charge in [0, 0.05) is 17.8 Å². The number of nitrogens with one attached hydrogen (secondary N) is 1. The zero-order valence-electron chi connectivity index (χ0n) is 9.95. The van der Waals surface area contributed by atoms with Crippen LogP contribution in [-0.4, -0.2) is 48.0 Å². The molecule has 4 heteroatoms. The Morgan fingerprint density at radius 1 is 1.47 bits per heavy atom. The van der Waals surface area contributed by atoms with Crippen LogP contribution in [0.1, 0.15) is 26.7 Å². The molecule has 1 fully saturated rings. The average Bonchev–Trinajstić information content (AvgIpc) is 2.96. The van der Waals surface area contributed by atoms with E-state index in [1.165, 1.54) is 12.8 Å². The molecule has 0 heterocycles. The molecule has 1 aliphatic rings. The first kappa shape index (κ1) is 13.3. The Bertz CT molecular complexity index is 183. The summed E-state index contributed by atoms with van der Waals surface area (Å²) >= 11 is 1.93. The second-order valence-electron chi connectivity index (χ2n) is 4.55. The Morgan fingerprint density at radius 3 is 2.60 bits per heavy atom. The highest BCUT2D eigenvalue weighted by molar-refractivity contribution is 8.00. The Morgan fingerprint density at radius 2 is 2.13 bits per heavy atom. The van der Waals surface area contributed by atoms with Crippen molar-refractivity contribution < 1.29 is 9.84 Å². The number of thioether (sulfide) groups is 1. The summed E-state index contributed by atoms with van der Waals surface area (Å²) in [6.45, 7) is 6.03. The van der Waals surface area contributed by atoms with Crippen LogP contribution in [0.2, 0.25) is 0 Å². The number of aliphatic hydroxyl groups is 1. The van der Waals surface area contributed by atoms with Crippen LogP contribution in [0, 0.1) is 0 Å². The fraction of sp³-hybridized carbons (Fsp3) is 1.00. The molecular weight excluding hydrogens is 210 g/mol. The van der Waals surface area contributed by atoms with E-state index in [0.717, 1.165) is 6.54 Å². The summed E-state index contributed by atoms with van der Waals surface area (Å²) < 4.78 is 5.80. The smallest absolute Gasteiger partial charge is 0.0897 e. The molecule has 1 saturated carbocycles. The average molecular weight is 233 g/mol. The van der Waals surface area contributed by atoms with Crippen LogP contribution < -0.4 is 5.32 Å². The van der Waals surface area contributed by atoms with Gasteiger partial charge in [-0.2, -0.15) is 11.8 Å². The van der Waals surface area contributed by atoms with Gasteiger partial charge in [-0.1, -0.05) is 0 Å². The minimum Gasteiger partial charge on any atom is -0.389 e. The van der Waals surface area contributed by atoms with Gasteiger partial charge in [0.25, 0.3) is 0 Å². The predicted molar refractivity (Wildman–Crippen MR) is 65.4 cm³/mol. The third-order valence-corrected chi connectivity index (χ3v) is 4.11. The van der Waals surface area contributed by atoms with Gasteiger partial charge >= 0.3 is 0 Å². The molecule has 0 amide bonds. The third kappa shape index (κ3) is 5.20. The van der Waals surface area contributed by atoms with Crippen LogP contribution in [0.25, 0.3) is 0 Å². The van der Waals surface area contributed by atoms with Gasteiger partial charge in [0.2, 0.25) is 0 Å². The van der Waals surface area contributed by atoms with Crippen molar-refractivity contribution in [2.24, 2.45) is 0 Å².